The first-order valence-corrected chi connectivity index (χ1v) is 6.42. The van der Waals surface area contributed by atoms with Crippen molar-refractivity contribution in [2.45, 2.75) is 9.79 Å². The van der Waals surface area contributed by atoms with E-state index in [2.05, 4.69) is 0 Å². The van der Waals surface area contributed by atoms with E-state index in [-0.39, 0.29) is 35.0 Å². The van der Waals surface area contributed by atoms with Crippen molar-refractivity contribution in [3.05, 3.63) is 12.1 Å². The minimum Gasteiger partial charge on any atom is -0.504 e. The van der Waals surface area contributed by atoms with Crippen LogP contribution in [-0.4, -0.2) is 71.2 Å². The van der Waals surface area contributed by atoms with E-state index in [0.717, 1.165) is 0 Å². The molecule has 1 rings (SSSR count). The SMILES string of the molecule is O.O=S(=O)(O)c1cc(O)c(O)c(S(=O)(=O)O)c1.[Na]. The van der Waals surface area contributed by atoms with Crippen LogP contribution in [0.2, 0.25) is 0 Å². The van der Waals surface area contributed by atoms with E-state index in [1.54, 1.807) is 0 Å². The summed E-state index contributed by atoms with van der Waals surface area (Å²) in [7, 11) is -9.70. The van der Waals surface area contributed by atoms with Crippen molar-refractivity contribution < 1.29 is 41.6 Å². The van der Waals surface area contributed by atoms with Crippen molar-refractivity contribution in [3.63, 3.8) is 0 Å². The van der Waals surface area contributed by atoms with E-state index in [0.29, 0.717) is 12.1 Å². The third-order valence-electron chi connectivity index (χ3n) is 1.60. The Bertz CT molecular complexity index is 633. The molecule has 0 fully saturated rings. The van der Waals surface area contributed by atoms with Gasteiger partial charge < -0.3 is 15.7 Å². The van der Waals surface area contributed by atoms with Gasteiger partial charge in [0.05, 0.1) is 4.90 Å². The second-order valence-electron chi connectivity index (χ2n) is 2.74. The first-order valence-electron chi connectivity index (χ1n) is 3.54. The van der Waals surface area contributed by atoms with Gasteiger partial charge in [-0.25, -0.2) is 0 Å². The molecule has 99 valence electrons. The van der Waals surface area contributed by atoms with Crippen LogP contribution in [0, 0.1) is 0 Å². The van der Waals surface area contributed by atoms with Crippen molar-refractivity contribution in [1.82, 2.24) is 0 Å². The molecule has 0 heterocycles. The third kappa shape index (κ3) is 4.37. The fourth-order valence-corrected chi connectivity index (χ4v) is 2.14. The van der Waals surface area contributed by atoms with Crippen LogP contribution in [-0.2, 0) is 20.2 Å². The Morgan fingerprint density at radius 2 is 1.33 bits per heavy atom. The topological polar surface area (TPSA) is 181 Å². The predicted octanol–water partition coefficient (Wildman–Crippen LogP) is -1.61. The molecule has 0 amide bonds. The molecule has 0 saturated heterocycles. The maximum Gasteiger partial charge on any atom is 0.298 e. The van der Waals surface area contributed by atoms with Gasteiger partial charge in [-0.1, -0.05) is 0 Å². The zero-order chi connectivity index (χ0) is 12.7. The van der Waals surface area contributed by atoms with Gasteiger partial charge in [0.15, 0.2) is 11.5 Å². The Balaban J connectivity index is 0. The first-order chi connectivity index (χ1) is 7.03. The smallest absolute Gasteiger partial charge is 0.298 e. The van der Waals surface area contributed by atoms with Crippen molar-refractivity contribution in [3.8, 4) is 11.5 Å². The monoisotopic (exact) mass is 311 g/mol. The molecule has 1 aromatic rings. The summed E-state index contributed by atoms with van der Waals surface area (Å²) >= 11 is 0. The number of phenolic OH excluding ortho intramolecular Hbond substituents is 2. The second kappa shape index (κ2) is 6.16. The van der Waals surface area contributed by atoms with Gasteiger partial charge >= 0.3 is 0 Å². The molecule has 0 aliphatic carbocycles. The van der Waals surface area contributed by atoms with E-state index in [9.17, 15) is 16.8 Å². The van der Waals surface area contributed by atoms with Crippen LogP contribution in [0.1, 0.15) is 0 Å². The van der Waals surface area contributed by atoms with Gasteiger partial charge in [-0.3, -0.25) is 9.11 Å². The van der Waals surface area contributed by atoms with Crippen LogP contribution >= 0.6 is 0 Å². The van der Waals surface area contributed by atoms with Crippen LogP contribution in [0.4, 0.5) is 0 Å². The van der Waals surface area contributed by atoms with Gasteiger partial charge in [-0.15, -0.1) is 0 Å². The van der Waals surface area contributed by atoms with Crippen molar-refractivity contribution in [2.24, 2.45) is 0 Å². The Morgan fingerprint density at radius 3 is 1.67 bits per heavy atom. The first kappa shape index (κ1) is 19.9. The zero-order valence-electron chi connectivity index (χ0n) is 8.89. The molecule has 12 heteroatoms. The quantitative estimate of drug-likeness (QED) is 0.285. The molecule has 1 radical (unpaired) electrons. The van der Waals surface area contributed by atoms with Gasteiger partial charge in [-0.2, -0.15) is 16.8 Å². The molecular formula is C6H8NaO9S2. The summed E-state index contributed by atoms with van der Waals surface area (Å²) in [6, 6.07) is 0.735. The van der Waals surface area contributed by atoms with E-state index >= 15 is 0 Å². The van der Waals surface area contributed by atoms with Gasteiger partial charge in [0.2, 0.25) is 0 Å². The fraction of sp³-hybridized carbons (Fsp3) is 0. The number of hydrogen-bond acceptors (Lipinski definition) is 6. The minimum atomic E-state index is -4.92. The average Bonchev–Trinajstić information content (AvgIpc) is 2.05. The summed E-state index contributed by atoms with van der Waals surface area (Å²) in [5.41, 5.74) is 0. The van der Waals surface area contributed by atoms with E-state index < -0.39 is 41.5 Å². The average molecular weight is 311 g/mol. The Labute approximate surface area is 124 Å². The maximum atomic E-state index is 10.7. The standard InChI is InChI=1S/C6H6O8S2.Na.H2O/c7-4-1-3(15(9,10)11)2-5(6(4)8)16(12,13)14;;/h1-2,7-8H,(H,9,10,11)(H,12,13,14);;1H2. The molecule has 0 unspecified atom stereocenters. The van der Waals surface area contributed by atoms with Gasteiger partial charge in [0, 0.05) is 35.6 Å². The van der Waals surface area contributed by atoms with Crippen molar-refractivity contribution >= 4 is 49.8 Å². The van der Waals surface area contributed by atoms with Gasteiger partial charge in [0.25, 0.3) is 20.2 Å². The van der Waals surface area contributed by atoms with Gasteiger partial charge in [-0.05, 0) is 6.07 Å². The summed E-state index contributed by atoms with van der Waals surface area (Å²) in [6.45, 7) is 0. The molecule has 0 spiro atoms. The molecule has 1 aromatic carbocycles. The molecule has 0 aliphatic rings. The number of hydrogen-bond donors (Lipinski definition) is 4. The van der Waals surface area contributed by atoms with E-state index in [1.807, 2.05) is 0 Å². The fourth-order valence-electron chi connectivity index (χ4n) is 0.914. The van der Waals surface area contributed by atoms with Crippen molar-refractivity contribution in [2.75, 3.05) is 0 Å². The third-order valence-corrected chi connectivity index (χ3v) is 3.30. The normalized spacial score (nSPS) is 11.2. The molecule has 0 bridgehead atoms. The van der Waals surface area contributed by atoms with Crippen LogP contribution in [0.15, 0.2) is 21.9 Å². The number of phenols is 2. The second-order valence-corrected chi connectivity index (χ2v) is 5.55. The van der Waals surface area contributed by atoms with Crippen LogP contribution in [0.3, 0.4) is 0 Å². The number of aromatic hydroxyl groups is 2. The Kier molecular flexibility index (Phi) is 6.82. The minimum absolute atomic E-state index is 0. The molecule has 0 aliphatic heterocycles. The van der Waals surface area contributed by atoms with E-state index in [4.69, 9.17) is 19.3 Å². The largest absolute Gasteiger partial charge is 0.504 e. The molecule has 6 N–H and O–H groups in total. The predicted molar refractivity (Wildman–Crippen MR) is 58.8 cm³/mol. The summed E-state index contributed by atoms with van der Waals surface area (Å²) in [4.78, 5) is -2.20. The maximum absolute atomic E-state index is 10.7. The molecule has 0 saturated carbocycles. The van der Waals surface area contributed by atoms with Crippen molar-refractivity contribution in [1.29, 1.82) is 0 Å². The summed E-state index contributed by atoms with van der Waals surface area (Å²) < 4.78 is 59.9. The van der Waals surface area contributed by atoms with Crippen LogP contribution < -0.4 is 0 Å². The summed E-state index contributed by atoms with van der Waals surface area (Å²) in [5.74, 6) is -2.32. The van der Waals surface area contributed by atoms with Crippen LogP contribution in [0.5, 0.6) is 11.5 Å². The molecule has 0 atom stereocenters. The number of benzene rings is 1. The van der Waals surface area contributed by atoms with E-state index in [1.165, 1.54) is 0 Å². The number of rotatable bonds is 2. The molecule has 18 heavy (non-hydrogen) atoms. The Morgan fingerprint density at radius 1 is 0.889 bits per heavy atom. The summed E-state index contributed by atoms with van der Waals surface area (Å²) in [6.07, 6.45) is 0. The zero-order valence-corrected chi connectivity index (χ0v) is 12.5. The molecule has 0 aromatic heterocycles. The molecular weight excluding hydrogens is 303 g/mol. The van der Waals surface area contributed by atoms with Crippen LogP contribution in [0.25, 0.3) is 0 Å². The van der Waals surface area contributed by atoms with Gasteiger partial charge in [0.1, 0.15) is 4.90 Å². The Hall–Kier alpha value is -0.400. The molecule has 9 nitrogen and oxygen atoms in total. The summed E-state index contributed by atoms with van der Waals surface area (Å²) in [5, 5.41) is 18.1.